The van der Waals surface area contributed by atoms with Gasteiger partial charge in [0.25, 0.3) is 5.56 Å². The van der Waals surface area contributed by atoms with Crippen molar-refractivity contribution in [2.45, 2.75) is 26.4 Å². The Bertz CT molecular complexity index is 1130. The molecule has 27 heavy (non-hydrogen) atoms. The molecule has 0 aliphatic heterocycles. The van der Waals surface area contributed by atoms with Gasteiger partial charge in [-0.3, -0.25) is 9.36 Å². The minimum absolute atomic E-state index is 0.190. The standard InChI is InChI=1S/C21H19ClN4O/c1-2-25-20(27)18-19(24-21(25)22)26(14-16-11-7-4-8-12-16)17(23-18)13-15-9-5-3-6-10-15/h3-12H,2,13-14H2,1H3. The van der Waals surface area contributed by atoms with Crippen LogP contribution in [0.4, 0.5) is 0 Å². The van der Waals surface area contributed by atoms with E-state index in [4.69, 9.17) is 11.6 Å². The molecule has 0 aliphatic carbocycles. The Morgan fingerprint density at radius 3 is 2.15 bits per heavy atom. The van der Waals surface area contributed by atoms with E-state index in [2.05, 4.69) is 22.1 Å². The van der Waals surface area contributed by atoms with Crippen molar-refractivity contribution in [2.75, 3.05) is 0 Å². The van der Waals surface area contributed by atoms with E-state index in [1.165, 1.54) is 4.57 Å². The highest BCUT2D eigenvalue weighted by Crippen LogP contribution is 2.19. The summed E-state index contributed by atoms with van der Waals surface area (Å²) >= 11 is 6.26. The van der Waals surface area contributed by atoms with Gasteiger partial charge in [-0.05, 0) is 29.7 Å². The van der Waals surface area contributed by atoms with Crippen LogP contribution in [0.25, 0.3) is 11.2 Å². The second-order valence-corrected chi connectivity index (χ2v) is 6.70. The van der Waals surface area contributed by atoms with Gasteiger partial charge >= 0.3 is 0 Å². The highest BCUT2D eigenvalue weighted by Gasteiger charge is 2.18. The number of benzene rings is 2. The maximum Gasteiger partial charge on any atom is 0.282 e. The molecule has 2 aromatic carbocycles. The average molecular weight is 379 g/mol. The van der Waals surface area contributed by atoms with Crippen LogP contribution in [-0.4, -0.2) is 19.1 Å². The number of imidazole rings is 1. The molecule has 5 nitrogen and oxygen atoms in total. The van der Waals surface area contributed by atoms with E-state index >= 15 is 0 Å². The fourth-order valence-electron chi connectivity index (χ4n) is 3.23. The Kier molecular flexibility index (Phi) is 4.77. The third kappa shape index (κ3) is 3.38. The van der Waals surface area contributed by atoms with Gasteiger partial charge in [-0.2, -0.15) is 4.98 Å². The van der Waals surface area contributed by atoms with Gasteiger partial charge in [-0.1, -0.05) is 60.7 Å². The highest BCUT2D eigenvalue weighted by atomic mass is 35.5. The summed E-state index contributed by atoms with van der Waals surface area (Å²) in [5, 5.41) is 0.190. The topological polar surface area (TPSA) is 52.7 Å². The summed E-state index contributed by atoms with van der Waals surface area (Å²) in [5.74, 6) is 0.801. The number of nitrogens with zero attached hydrogens (tertiary/aromatic N) is 4. The molecule has 0 N–H and O–H groups in total. The number of fused-ring (bicyclic) bond motifs is 1. The van der Waals surface area contributed by atoms with Crippen molar-refractivity contribution in [3.63, 3.8) is 0 Å². The molecule has 0 amide bonds. The SMILES string of the molecule is CCn1c(Cl)nc2c(nc(Cc3ccccc3)n2Cc2ccccc2)c1=O. The van der Waals surface area contributed by atoms with Gasteiger partial charge in [-0.25, -0.2) is 4.98 Å². The van der Waals surface area contributed by atoms with Crippen LogP contribution in [0.3, 0.4) is 0 Å². The number of aromatic nitrogens is 4. The van der Waals surface area contributed by atoms with Crippen molar-refractivity contribution >= 4 is 22.8 Å². The second-order valence-electron chi connectivity index (χ2n) is 6.36. The maximum absolute atomic E-state index is 12.8. The van der Waals surface area contributed by atoms with Crippen molar-refractivity contribution in [3.05, 3.63) is 93.3 Å². The van der Waals surface area contributed by atoms with E-state index < -0.39 is 0 Å². The van der Waals surface area contributed by atoms with Crippen LogP contribution >= 0.6 is 11.6 Å². The maximum atomic E-state index is 12.8. The van der Waals surface area contributed by atoms with Crippen LogP contribution in [0.2, 0.25) is 5.28 Å². The first-order valence-electron chi connectivity index (χ1n) is 8.90. The van der Waals surface area contributed by atoms with Crippen LogP contribution in [0.1, 0.15) is 23.9 Å². The van der Waals surface area contributed by atoms with E-state index in [0.717, 1.165) is 17.0 Å². The molecular weight excluding hydrogens is 360 g/mol. The fourth-order valence-corrected chi connectivity index (χ4v) is 3.50. The van der Waals surface area contributed by atoms with Gasteiger partial charge in [0.1, 0.15) is 5.82 Å². The molecule has 2 heterocycles. The lowest BCUT2D eigenvalue weighted by atomic mass is 10.1. The van der Waals surface area contributed by atoms with E-state index in [1.807, 2.05) is 60.0 Å². The van der Waals surface area contributed by atoms with Gasteiger partial charge in [0.15, 0.2) is 11.2 Å². The number of rotatable bonds is 5. The number of hydrogen-bond donors (Lipinski definition) is 0. The molecule has 0 fully saturated rings. The van der Waals surface area contributed by atoms with Gasteiger partial charge in [0, 0.05) is 13.0 Å². The third-order valence-electron chi connectivity index (χ3n) is 4.59. The zero-order valence-electron chi connectivity index (χ0n) is 15.0. The van der Waals surface area contributed by atoms with E-state index in [1.54, 1.807) is 0 Å². The predicted molar refractivity (Wildman–Crippen MR) is 107 cm³/mol. The zero-order valence-corrected chi connectivity index (χ0v) is 15.7. The first-order valence-corrected chi connectivity index (χ1v) is 9.28. The summed E-state index contributed by atoms with van der Waals surface area (Å²) < 4.78 is 3.43. The Morgan fingerprint density at radius 1 is 0.889 bits per heavy atom. The normalized spacial score (nSPS) is 11.2. The Labute approximate surface area is 161 Å². The zero-order chi connectivity index (χ0) is 18.8. The van der Waals surface area contributed by atoms with Crippen molar-refractivity contribution in [1.82, 2.24) is 19.1 Å². The largest absolute Gasteiger partial charge is 0.308 e. The molecule has 4 rings (SSSR count). The minimum Gasteiger partial charge on any atom is -0.308 e. The summed E-state index contributed by atoms with van der Waals surface area (Å²) in [6.07, 6.45) is 0.618. The molecule has 0 unspecified atom stereocenters. The Morgan fingerprint density at radius 2 is 1.52 bits per heavy atom. The fraction of sp³-hybridized carbons (Fsp3) is 0.190. The van der Waals surface area contributed by atoms with Crippen molar-refractivity contribution in [2.24, 2.45) is 0 Å². The van der Waals surface area contributed by atoms with E-state index in [-0.39, 0.29) is 10.8 Å². The number of halogens is 1. The van der Waals surface area contributed by atoms with Gasteiger partial charge in [0.05, 0.1) is 6.54 Å². The van der Waals surface area contributed by atoms with Crippen molar-refractivity contribution in [3.8, 4) is 0 Å². The number of hydrogen-bond acceptors (Lipinski definition) is 3. The highest BCUT2D eigenvalue weighted by molar-refractivity contribution is 6.28. The quantitative estimate of drug-likeness (QED) is 0.495. The summed E-state index contributed by atoms with van der Waals surface area (Å²) in [6.45, 7) is 2.91. The first-order chi connectivity index (χ1) is 13.2. The van der Waals surface area contributed by atoms with Gasteiger partial charge in [0.2, 0.25) is 5.28 Å². The third-order valence-corrected chi connectivity index (χ3v) is 4.88. The molecule has 0 aliphatic rings. The minimum atomic E-state index is -0.200. The van der Waals surface area contributed by atoms with Crippen LogP contribution in [0.15, 0.2) is 65.5 Å². The summed E-state index contributed by atoms with van der Waals surface area (Å²) in [4.78, 5) is 22.0. The molecule has 0 saturated heterocycles. The van der Waals surface area contributed by atoms with Crippen LogP contribution < -0.4 is 5.56 Å². The molecular formula is C21H19ClN4O. The first kappa shape index (κ1) is 17.5. The van der Waals surface area contributed by atoms with Crippen molar-refractivity contribution in [1.29, 1.82) is 0 Å². The summed E-state index contributed by atoms with van der Waals surface area (Å²) in [6, 6.07) is 20.2. The summed E-state index contributed by atoms with van der Waals surface area (Å²) in [7, 11) is 0. The van der Waals surface area contributed by atoms with Gasteiger partial charge < -0.3 is 4.57 Å². The Hall–Kier alpha value is -2.92. The molecule has 136 valence electrons. The lowest BCUT2D eigenvalue weighted by Crippen LogP contribution is -2.21. The Balaban J connectivity index is 1.90. The van der Waals surface area contributed by atoms with Crippen LogP contribution in [0, 0.1) is 0 Å². The second kappa shape index (κ2) is 7.37. The van der Waals surface area contributed by atoms with Crippen LogP contribution in [0.5, 0.6) is 0 Å². The molecule has 2 aromatic heterocycles. The smallest absolute Gasteiger partial charge is 0.282 e. The molecule has 0 saturated carbocycles. The summed E-state index contributed by atoms with van der Waals surface area (Å²) in [5.41, 5.74) is 2.94. The molecule has 0 spiro atoms. The predicted octanol–water partition coefficient (Wildman–Crippen LogP) is 3.91. The van der Waals surface area contributed by atoms with Crippen molar-refractivity contribution < 1.29 is 0 Å². The van der Waals surface area contributed by atoms with Gasteiger partial charge in [-0.15, -0.1) is 0 Å². The molecule has 4 aromatic rings. The molecule has 0 bridgehead atoms. The van der Waals surface area contributed by atoms with E-state index in [9.17, 15) is 4.79 Å². The van der Waals surface area contributed by atoms with Crippen LogP contribution in [-0.2, 0) is 19.5 Å². The molecule has 0 radical (unpaired) electrons. The average Bonchev–Trinajstić information content (AvgIpc) is 3.01. The lowest BCUT2D eigenvalue weighted by molar-refractivity contribution is 0.711. The lowest BCUT2D eigenvalue weighted by Gasteiger charge is -2.10. The molecule has 0 atom stereocenters. The van der Waals surface area contributed by atoms with E-state index in [0.29, 0.717) is 30.7 Å². The monoisotopic (exact) mass is 378 g/mol. The molecule has 6 heteroatoms.